The van der Waals surface area contributed by atoms with Crippen LogP contribution in [0.3, 0.4) is 0 Å². The van der Waals surface area contributed by atoms with Crippen molar-refractivity contribution in [3.05, 3.63) is 82.5 Å². The van der Waals surface area contributed by atoms with E-state index in [1.54, 1.807) is 6.08 Å². The minimum absolute atomic E-state index is 0.184. The molecule has 1 atom stereocenters. The maximum atomic E-state index is 11.3. The van der Waals surface area contributed by atoms with Gasteiger partial charge >= 0.3 is 5.97 Å². The Kier molecular flexibility index (Phi) is 7.26. The molecule has 5 heteroatoms. The molecule has 146 valence electrons. The van der Waals surface area contributed by atoms with Gasteiger partial charge in [0.2, 0.25) is 5.90 Å². The van der Waals surface area contributed by atoms with Crippen molar-refractivity contribution in [2.24, 2.45) is 10.9 Å². The van der Waals surface area contributed by atoms with E-state index in [-0.39, 0.29) is 5.57 Å². The van der Waals surface area contributed by atoms with Crippen LogP contribution in [-0.2, 0) is 16.1 Å². The summed E-state index contributed by atoms with van der Waals surface area (Å²) in [6, 6.07) is 10.0. The summed E-state index contributed by atoms with van der Waals surface area (Å²) in [6.07, 6.45) is 12.8. The number of rotatable bonds is 5. The summed E-state index contributed by atoms with van der Waals surface area (Å²) >= 11 is 6.08. The molecule has 0 aromatic heterocycles. The van der Waals surface area contributed by atoms with Crippen LogP contribution < -0.4 is 0 Å². The van der Waals surface area contributed by atoms with Gasteiger partial charge in [-0.3, -0.25) is 4.99 Å². The van der Waals surface area contributed by atoms with Crippen LogP contribution in [0.2, 0.25) is 0 Å². The average molecular weight is 398 g/mol. The van der Waals surface area contributed by atoms with Crippen LogP contribution in [0.5, 0.6) is 0 Å². The molecule has 28 heavy (non-hydrogen) atoms. The molecule has 0 amide bonds. The van der Waals surface area contributed by atoms with E-state index in [2.05, 4.69) is 17.1 Å². The van der Waals surface area contributed by atoms with Crippen molar-refractivity contribution in [2.75, 3.05) is 6.54 Å². The van der Waals surface area contributed by atoms with E-state index in [9.17, 15) is 9.90 Å². The molecule has 1 aromatic rings. The number of ether oxygens (including phenoxy) is 1. The van der Waals surface area contributed by atoms with E-state index >= 15 is 0 Å². The minimum atomic E-state index is -0.981. The van der Waals surface area contributed by atoms with Gasteiger partial charge in [0.1, 0.15) is 6.61 Å². The lowest BCUT2D eigenvalue weighted by Gasteiger charge is -2.13. The van der Waals surface area contributed by atoms with E-state index < -0.39 is 5.97 Å². The highest BCUT2D eigenvalue weighted by Crippen LogP contribution is 2.26. The first kappa shape index (κ1) is 20.2. The number of benzene rings is 1. The number of hydrogen-bond donors (Lipinski definition) is 1. The van der Waals surface area contributed by atoms with Gasteiger partial charge in [-0.15, -0.1) is 0 Å². The molecule has 0 bridgehead atoms. The molecule has 4 nitrogen and oxygen atoms in total. The first-order valence-electron chi connectivity index (χ1n) is 9.50. The summed E-state index contributed by atoms with van der Waals surface area (Å²) in [5.74, 6) is 0.0199. The third-order valence-electron chi connectivity index (χ3n) is 4.76. The minimum Gasteiger partial charge on any atom is -0.478 e. The Hall–Kier alpha value is -2.59. The number of carbonyl (C=O) groups is 1. The SMILES string of the molecule is O=C(O)C1=C(Cl)CC/C=C(\CC2C=CC(OCc3ccccc3)=NCC2)C=C1. The molecule has 0 fully saturated rings. The molecular formula is C23H24ClNO3. The van der Waals surface area contributed by atoms with Gasteiger partial charge < -0.3 is 9.84 Å². The fraction of sp³-hybridized carbons (Fsp3) is 0.304. The second-order valence-electron chi connectivity index (χ2n) is 6.88. The van der Waals surface area contributed by atoms with Gasteiger partial charge in [0.25, 0.3) is 0 Å². The molecule has 2 aliphatic rings. The topological polar surface area (TPSA) is 58.9 Å². The van der Waals surface area contributed by atoms with Crippen molar-refractivity contribution in [1.82, 2.24) is 0 Å². The third-order valence-corrected chi connectivity index (χ3v) is 5.16. The van der Waals surface area contributed by atoms with Crippen molar-refractivity contribution in [1.29, 1.82) is 0 Å². The molecule has 0 saturated heterocycles. The molecule has 1 N–H and O–H groups in total. The van der Waals surface area contributed by atoms with Crippen molar-refractivity contribution in [2.45, 2.75) is 32.3 Å². The maximum Gasteiger partial charge on any atom is 0.336 e. The smallest absolute Gasteiger partial charge is 0.336 e. The van der Waals surface area contributed by atoms with E-state index in [1.807, 2.05) is 42.5 Å². The Labute approximate surface area is 170 Å². The van der Waals surface area contributed by atoms with Crippen molar-refractivity contribution in [3.8, 4) is 0 Å². The summed E-state index contributed by atoms with van der Waals surface area (Å²) < 4.78 is 5.82. The molecule has 1 unspecified atom stereocenters. The molecule has 0 radical (unpaired) electrons. The summed E-state index contributed by atoms with van der Waals surface area (Å²) in [5, 5.41) is 9.68. The fourth-order valence-corrected chi connectivity index (χ4v) is 3.47. The molecule has 0 saturated carbocycles. The van der Waals surface area contributed by atoms with Gasteiger partial charge in [0, 0.05) is 11.6 Å². The Morgan fingerprint density at radius 3 is 2.82 bits per heavy atom. The molecule has 1 aromatic carbocycles. The molecule has 3 rings (SSSR count). The monoisotopic (exact) mass is 397 g/mol. The second kappa shape index (κ2) is 10.1. The lowest BCUT2D eigenvalue weighted by atomic mass is 9.93. The Morgan fingerprint density at radius 1 is 1.21 bits per heavy atom. The van der Waals surface area contributed by atoms with Crippen LogP contribution in [0.25, 0.3) is 0 Å². The van der Waals surface area contributed by atoms with Gasteiger partial charge in [0.05, 0.1) is 5.57 Å². The Balaban J connectivity index is 1.58. The number of nitrogens with zero attached hydrogens (tertiary/aromatic N) is 1. The standard InChI is InChI=1S/C23H24ClNO3/c24-21-8-4-7-17(9-11-20(21)23(26)27)15-18-10-12-22(25-14-13-18)28-16-19-5-2-1-3-6-19/h1-3,5-7,9-12,18H,4,8,13-16H2,(H,26,27)/b11-9?,17-7-,21-20?. The van der Waals surface area contributed by atoms with Crippen LogP contribution in [0.15, 0.2) is 81.9 Å². The van der Waals surface area contributed by atoms with Crippen LogP contribution >= 0.6 is 11.6 Å². The van der Waals surface area contributed by atoms with E-state index in [0.29, 0.717) is 36.4 Å². The maximum absolute atomic E-state index is 11.3. The summed E-state index contributed by atoms with van der Waals surface area (Å²) in [7, 11) is 0. The van der Waals surface area contributed by atoms with Gasteiger partial charge in [-0.25, -0.2) is 4.79 Å². The van der Waals surface area contributed by atoms with Gasteiger partial charge in [0.15, 0.2) is 0 Å². The third kappa shape index (κ3) is 5.96. The zero-order valence-corrected chi connectivity index (χ0v) is 16.4. The fourth-order valence-electron chi connectivity index (χ4n) is 3.21. The van der Waals surface area contributed by atoms with Gasteiger partial charge in [-0.2, -0.15) is 0 Å². The van der Waals surface area contributed by atoms with Crippen LogP contribution in [0.1, 0.15) is 31.2 Å². The highest BCUT2D eigenvalue weighted by molar-refractivity contribution is 6.32. The van der Waals surface area contributed by atoms with Crippen molar-refractivity contribution >= 4 is 23.5 Å². The summed E-state index contributed by atoms with van der Waals surface area (Å²) in [5.41, 5.74) is 2.43. The molecular weight excluding hydrogens is 374 g/mol. The van der Waals surface area contributed by atoms with Crippen molar-refractivity contribution < 1.29 is 14.6 Å². The lowest BCUT2D eigenvalue weighted by molar-refractivity contribution is -0.132. The van der Waals surface area contributed by atoms with Crippen molar-refractivity contribution in [3.63, 3.8) is 0 Å². The predicted molar refractivity (Wildman–Crippen MR) is 112 cm³/mol. The summed E-state index contributed by atoms with van der Waals surface area (Å²) in [4.78, 5) is 15.8. The lowest BCUT2D eigenvalue weighted by Crippen LogP contribution is -2.03. The first-order chi connectivity index (χ1) is 13.6. The van der Waals surface area contributed by atoms with E-state index in [0.717, 1.165) is 30.4 Å². The first-order valence-corrected chi connectivity index (χ1v) is 9.88. The number of carboxylic acid groups (broad SMARTS) is 1. The number of hydrogen-bond acceptors (Lipinski definition) is 3. The number of carboxylic acids is 1. The molecule has 1 aliphatic heterocycles. The molecule has 1 heterocycles. The predicted octanol–water partition coefficient (Wildman–Crippen LogP) is 5.42. The molecule has 0 spiro atoms. The van der Waals surface area contributed by atoms with Crippen LogP contribution in [0.4, 0.5) is 0 Å². The second-order valence-corrected chi connectivity index (χ2v) is 7.34. The van der Waals surface area contributed by atoms with E-state index in [4.69, 9.17) is 16.3 Å². The quantitative estimate of drug-likeness (QED) is 0.721. The Bertz CT molecular complexity index is 850. The zero-order chi connectivity index (χ0) is 19.8. The Morgan fingerprint density at radius 2 is 2.04 bits per heavy atom. The highest BCUT2D eigenvalue weighted by Gasteiger charge is 2.14. The van der Waals surface area contributed by atoms with Crippen LogP contribution in [0, 0.1) is 5.92 Å². The zero-order valence-electron chi connectivity index (χ0n) is 15.7. The molecule has 1 aliphatic carbocycles. The van der Waals surface area contributed by atoms with E-state index in [1.165, 1.54) is 0 Å². The number of aliphatic carboxylic acids is 1. The van der Waals surface area contributed by atoms with Crippen LogP contribution in [-0.4, -0.2) is 23.5 Å². The number of allylic oxidation sites excluding steroid dienone is 5. The number of halogens is 1. The highest BCUT2D eigenvalue weighted by atomic mass is 35.5. The average Bonchev–Trinajstić information content (AvgIpc) is 2.90. The summed E-state index contributed by atoms with van der Waals surface area (Å²) in [6.45, 7) is 1.22. The van der Waals surface area contributed by atoms with Gasteiger partial charge in [-0.05, 0) is 49.3 Å². The largest absolute Gasteiger partial charge is 0.478 e. The number of aliphatic imine (C=N–C) groups is 1. The normalized spacial score (nSPS) is 21.8. The van der Waals surface area contributed by atoms with Gasteiger partial charge in [-0.1, -0.05) is 65.7 Å².